The predicted octanol–water partition coefficient (Wildman–Crippen LogP) is 3.38. The molecule has 0 aliphatic carbocycles. The summed E-state index contributed by atoms with van der Waals surface area (Å²) in [7, 11) is 1.57. The molecule has 0 spiro atoms. The van der Waals surface area contributed by atoms with Crippen molar-refractivity contribution in [1.82, 2.24) is 5.16 Å². The van der Waals surface area contributed by atoms with Crippen LogP contribution in [-0.4, -0.2) is 30.7 Å². The maximum Gasteiger partial charge on any atom is 0.310 e. The zero-order valence-electron chi connectivity index (χ0n) is 15.6. The molecule has 0 saturated carbocycles. The molecule has 1 heterocycles. The number of aryl methyl sites for hydroxylation is 1. The number of hydrogen-bond donors (Lipinski definition) is 1. The molecule has 0 bridgehead atoms. The van der Waals surface area contributed by atoms with E-state index in [9.17, 15) is 9.59 Å². The molecule has 0 atom stereocenters. The van der Waals surface area contributed by atoms with E-state index in [4.69, 9.17) is 14.0 Å². The monoisotopic (exact) mass is 380 g/mol. The van der Waals surface area contributed by atoms with Crippen LogP contribution < -0.4 is 10.1 Å². The number of rotatable bonds is 7. The second-order valence-electron chi connectivity index (χ2n) is 6.18. The minimum atomic E-state index is -0.505. The summed E-state index contributed by atoms with van der Waals surface area (Å²) < 4.78 is 15.2. The van der Waals surface area contributed by atoms with Crippen molar-refractivity contribution in [3.8, 4) is 17.0 Å². The second kappa shape index (κ2) is 8.85. The van der Waals surface area contributed by atoms with E-state index in [1.807, 2.05) is 31.2 Å². The number of methoxy groups -OCH3 is 1. The fourth-order valence-corrected chi connectivity index (χ4v) is 2.48. The molecule has 3 rings (SSSR count). The smallest absolute Gasteiger partial charge is 0.310 e. The molecule has 28 heavy (non-hydrogen) atoms. The summed E-state index contributed by atoms with van der Waals surface area (Å²) >= 11 is 0. The first-order valence-electron chi connectivity index (χ1n) is 8.65. The highest BCUT2D eigenvalue weighted by Crippen LogP contribution is 2.22. The van der Waals surface area contributed by atoms with Crippen molar-refractivity contribution in [1.29, 1.82) is 0 Å². The molecule has 1 amide bonds. The maximum absolute atomic E-state index is 12.0. The molecule has 7 nitrogen and oxygen atoms in total. The highest BCUT2D eigenvalue weighted by molar-refractivity contribution is 5.92. The first-order valence-corrected chi connectivity index (χ1v) is 8.65. The number of nitrogens with one attached hydrogen (secondary N) is 1. The molecule has 0 aliphatic rings. The Morgan fingerprint density at radius 1 is 1.07 bits per heavy atom. The van der Waals surface area contributed by atoms with Gasteiger partial charge in [-0.05, 0) is 24.6 Å². The molecule has 0 radical (unpaired) electrons. The Hall–Kier alpha value is -3.61. The van der Waals surface area contributed by atoms with Gasteiger partial charge in [0.05, 0.1) is 13.5 Å². The molecule has 7 heteroatoms. The quantitative estimate of drug-likeness (QED) is 0.632. The van der Waals surface area contributed by atoms with E-state index in [0.717, 1.165) is 16.7 Å². The molecule has 1 N–H and O–H groups in total. The van der Waals surface area contributed by atoms with Crippen LogP contribution in [-0.2, 0) is 20.7 Å². The summed E-state index contributed by atoms with van der Waals surface area (Å²) in [5.74, 6) is -0.117. The highest BCUT2D eigenvalue weighted by atomic mass is 16.5. The lowest BCUT2D eigenvalue weighted by Crippen LogP contribution is -2.21. The van der Waals surface area contributed by atoms with Crippen LogP contribution in [0.4, 0.5) is 5.88 Å². The molecule has 3 aromatic rings. The number of esters is 1. The zero-order chi connectivity index (χ0) is 19.9. The van der Waals surface area contributed by atoms with E-state index >= 15 is 0 Å². The minimum absolute atomic E-state index is 0.0666. The fourth-order valence-electron chi connectivity index (χ4n) is 2.48. The van der Waals surface area contributed by atoms with Crippen molar-refractivity contribution >= 4 is 17.8 Å². The molecular formula is C21H20N2O5. The van der Waals surface area contributed by atoms with Gasteiger partial charge in [-0.25, -0.2) is 0 Å². The first kappa shape index (κ1) is 19.2. The predicted molar refractivity (Wildman–Crippen MR) is 103 cm³/mol. The number of carbonyl (C=O) groups excluding carboxylic acids is 2. The minimum Gasteiger partial charge on any atom is -0.497 e. The number of amides is 1. The second-order valence-corrected chi connectivity index (χ2v) is 6.18. The number of anilines is 1. The van der Waals surface area contributed by atoms with E-state index in [0.29, 0.717) is 11.4 Å². The Bertz CT molecular complexity index is 946. The Morgan fingerprint density at radius 2 is 1.79 bits per heavy atom. The average Bonchev–Trinajstić information content (AvgIpc) is 3.16. The van der Waals surface area contributed by atoms with Gasteiger partial charge in [0, 0.05) is 11.6 Å². The van der Waals surface area contributed by atoms with E-state index in [2.05, 4.69) is 10.5 Å². The van der Waals surface area contributed by atoms with Crippen LogP contribution in [0.15, 0.2) is 59.1 Å². The largest absolute Gasteiger partial charge is 0.497 e. The van der Waals surface area contributed by atoms with Crippen molar-refractivity contribution in [2.24, 2.45) is 0 Å². The summed E-state index contributed by atoms with van der Waals surface area (Å²) in [6, 6.07) is 16.4. The van der Waals surface area contributed by atoms with Gasteiger partial charge in [0.1, 0.15) is 11.4 Å². The lowest BCUT2D eigenvalue weighted by atomic mass is 10.1. The maximum atomic E-state index is 12.0. The van der Waals surface area contributed by atoms with Crippen LogP contribution in [0.2, 0.25) is 0 Å². The SMILES string of the molecule is COc1ccc(CC(=O)OCC(=O)Nc2cc(-c3ccc(C)cc3)no2)cc1. The molecule has 0 saturated heterocycles. The number of hydrogen-bond acceptors (Lipinski definition) is 6. The zero-order valence-corrected chi connectivity index (χ0v) is 15.6. The Labute approximate surface area is 162 Å². The Balaban J connectivity index is 1.47. The molecule has 144 valence electrons. The third-order valence-corrected chi connectivity index (χ3v) is 3.99. The van der Waals surface area contributed by atoms with Gasteiger partial charge in [0.2, 0.25) is 5.88 Å². The van der Waals surface area contributed by atoms with Crippen molar-refractivity contribution in [3.05, 3.63) is 65.7 Å². The third-order valence-electron chi connectivity index (χ3n) is 3.99. The summed E-state index contributed by atoms with van der Waals surface area (Å²) in [5, 5.41) is 6.44. The Morgan fingerprint density at radius 3 is 2.46 bits per heavy atom. The van der Waals surface area contributed by atoms with E-state index in [1.54, 1.807) is 37.4 Å². The van der Waals surface area contributed by atoms with Crippen LogP contribution >= 0.6 is 0 Å². The van der Waals surface area contributed by atoms with Gasteiger partial charge in [-0.15, -0.1) is 0 Å². The lowest BCUT2D eigenvalue weighted by molar-refractivity contribution is -0.146. The van der Waals surface area contributed by atoms with Crippen molar-refractivity contribution in [3.63, 3.8) is 0 Å². The number of carbonyl (C=O) groups is 2. The van der Waals surface area contributed by atoms with E-state index in [-0.39, 0.29) is 12.3 Å². The third kappa shape index (κ3) is 5.20. The first-order chi connectivity index (χ1) is 13.5. The molecule has 0 unspecified atom stereocenters. The van der Waals surface area contributed by atoms with Crippen LogP contribution in [0.3, 0.4) is 0 Å². The molecule has 2 aromatic carbocycles. The molecule has 1 aromatic heterocycles. The molecule has 0 aliphatic heterocycles. The lowest BCUT2D eigenvalue weighted by Gasteiger charge is -2.05. The molecular weight excluding hydrogens is 360 g/mol. The van der Waals surface area contributed by atoms with Gasteiger partial charge in [-0.1, -0.05) is 47.1 Å². The van der Waals surface area contributed by atoms with E-state index < -0.39 is 18.5 Å². The van der Waals surface area contributed by atoms with Crippen LogP contribution in [0, 0.1) is 6.92 Å². The van der Waals surface area contributed by atoms with Crippen molar-refractivity contribution < 1.29 is 23.6 Å². The standard InChI is InChI=1S/C21H20N2O5/c1-14-3-7-16(8-4-14)18-12-20(28-23-18)22-19(24)13-27-21(25)11-15-5-9-17(26-2)10-6-15/h3-10,12H,11,13H2,1-2H3,(H,22,24). The number of aromatic nitrogens is 1. The topological polar surface area (TPSA) is 90.7 Å². The number of nitrogens with zero attached hydrogens (tertiary/aromatic N) is 1. The van der Waals surface area contributed by atoms with Gasteiger partial charge in [0.15, 0.2) is 6.61 Å². The van der Waals surface area contributed by atoms with Gasteiger partial charge < -0.3 is 14.0 Å². The summed E-state index contributed by atoms with van der Waals surface area (Å²) in [6.45, 7) is 1.59. The number of ether oxygens (including phenoxy) is 2. The summed E-state index contributed by atoms with van der Waals surface area (Å²) in [4.78, 5) is 23.8. The van der Waals surface area contributed by atoms with E-state index in [1.165, 1.54) is 0 Å². The Kier molecular flexibility index (Phi) is 6.06. The normalized spacial score (nSPS) is 10.4. The highest BCUT2D eigenvalue weighted by Gasteiger charge is 2.12. The summed E-state index contributed by atoms with van der Waals surface area (Å²) in [5.41, 5.74) is 3.38. The van der Waals surface area contributed by atoms with Crippen LogP contribution in [0.1, 0.15) is 11.1 Å². The summed E-state index contributed by atoms with van der Waals surface area (Å²) in [6.07, 6.45) is 0.0666. The fraction of sp³-hybridized carbons (Fsp3) is 0.190. The van der Waals surface area contributed by atoms with Crippen LogP contribution in [0.5, 0.6) is 5.75 Å². The van der Waals surface area contributed by atoms with Gasteiger partial charge in [-0.2, -0.15) is 0 Å². The number of benzene rings is 2. The van der Waals surface area contributed by atoms with Crippen LogP contribution in [0.25, 0.3) is 11.3 Å². The van der Waals surface area contributed by atoms with Gasteiger partial charge >= 0.3 is 5.97 Å². The van der Waals surface area contributed by atoms with Crippen molar-refractivity contribution in [2.75, 3.05) is 19.0 Å². The molecule has 0 fully saturated rings. The van der Waals surface area contributed by atoms with Gasteiger partial charge in [0.25, 0.3) is 5.91 Å². The van der Waals surface area contributed by atoms with Crippen molar-refractivity contribution in [2.45, 2.75) is 13.3 Å². The average molecular weight is 380 g/mol. The van der Waals surface area contributed by atoms with Gasteiger partial charge in [-0.3, -0.25) is 14.9 Å².